The van der Waals surface area contributed by atoms with Gasteiger partial charge in [0.25, 0.3) is 0 Å². The van der Waals surface area contributed by atoms with Crippen LogP contribution in [0.25, 0.3) is 0 Å². The Morgan fingerprint density at radius 2 is 2.24 bits per heavy atom. The van der Waals surface area contributed by atoms with Gasteiger partial charge in [-0.2, -0.15) is 11.8 Å². The van der Waals surface area contributed by atoms with Crippen LogP contribution in [0.4, 0.5) is 4.39 Å². The molecule has 1 atom stereocenters. The highest BCUT2D eigenvalue weighted by Crippen LogP contribution is 2.23. The van der Waals surface area contributed by atoms with Crippen molar-refractivity contribution in [2.75, 3.05) is 18.1 Å². The van der Waals surface area contributed by atoms with Gasteiger partial charge in [-0.3, -0.25) is 9.59 Å². The summed E-state index contributed by atoms with van der Waals surface area (Å²) in [6, 6.07) is 3.93. The average Bonchev–Trinajstić information content (AvgIpc) is 2.43. The van der Waals surface area contributed by atoms with Crippen LogP contribution in [0.5, 0.6) is 0 Å². The fourth-order valence-electron chi connectivity index (χ4n) is 2.31. The van der Waals surface area contributed by atoms with E-state index < -0.39 is 11.8 Å². The van der Waals surface area contributed by atoms with Crippen molar-refractivity contribution in [1.29, 1.82) is 0 Å². The van der Waals surface area contributed by atoms with Gasteiger partial charge in [-0.25, -0.2) is 4.39 Å². The summed E-state index contributed by atoms with van der Waals surface area (Å²) < 4.78 is 13.7. The Morgan fingerprint density at radius 3 is 2.90 bits per heavy atom. The fourth-order valence-corrected chi connectivity index (χ4v) is 3.60. The summed E-state index contributed by atoms with van der Waals surface area (Å²) in [5, 5.41) is 9.13. The van der Waals surface area contributed by atoms with Crippen LogP contribution in [0.3, 0.4) is 0 Å². The van der Waals surface area contributed by atoms with E-state index in [-0.39, 0.29) is 35.4 Å². The van der Waals surface area contributed by atoms with Crippen LogP contribution in [0.1, 0.15) is 12.0 Å². The number of hydrogen-bond donors (Lipinski definition) is 1. The van der Waals surface area contributed by atoms with Gasteiger partial charge in [-0.05, 0) is 12.1 Å². The number of benzene rings is 1. The lowest BCUT2D eigenvalue weighted by Gasteiger charge is -2.34. The quantitative estimate of drug-likeness (QED) is 0.920. The summed E-state index contributed by atoms with van der Waals surface area (Å²) in [4.78, 5) is 24.8. The molecule has 0 radical (unpaired) electrons. The van der Waals surface area contributed by atoms with Gasteiger partial charge in [0, 0.05) is 28.6 Å². The number of carbonyl (C=O) groups excluding carboxylic acids is 1. The number of thioether (sulfide) groups is 1. The van der Waals surface area contributed by atoms with Crippen LogP contribution in [0.15, 0.2) is 18.2 Å². The first kappa shape index (κ1) is 16.1. The molecule has 21 heavy (non-hydrogen) atoms. The van der Waals surface area contributed by atoms with Gasteiger partial charge in [0.05, 0.1) is 18.9 Å². The molecular weight excluding hydrogens is 317 g/mol. The normalized spacial score (nSPS) is 18.6. The molecule has 0 saturated carbocycles. The number of nitrogens with zero attached hydrogens (tertiary/aromatic N) is 1. The van der Waals surface area contributed by atoms with Crippen molar-refractivity contribution < 1.29 is 19.1 Å². The van der Waals surface area contributed by atoms with Crippen molar-refractivity contribution in [3.8, 4) is 0 Å². The first-order valence-corrected chi connectivity index (χ1v) is 8.04. The first-order chi connectivity index (χ1) is 9.99. The van der Waals surface area contributed by atoms with E-state index in [9.17, 15) is 14.0 Å². The summed E-state index contributed by atoms with van der Waals surface area (Å²) in [6.45, 7) is 0.480. The van der Waals surface area contributed by atoms with Gasteiger partial charge in [0.2, 0.25) is 5.91 Å². The van der Waals surface area contributed by atoms with Gasteiger partial charge in [0.15, 0.2) is 0 Å². The summed E-state index contributed by atoms with van der Waals surface area (Å²) in [7, 11) is 0. The lowest BCUT2D eigenvalue weighted by atomic mass is 10.1. The second-order valence-electron chi connectivity index (χ2n) is 4.79. The van der Waals surface area contributed by atoms with Crippen LogP contribution < -0.4 is 0 Å². The maximum Gasteiger partial charge on any atom is 0.305 e. The van der Waals surface area contributed by atoms with E-state index in [1.807, 2.05) is 0 Å². The number of hydrogen-bond acceptors (Lipinski definition) is 3. The van der Waals surface area contributed by atoms with E-state index >= 15 is 0 Å². The summed E-state index contributed by atoms with van der Waals surface area (Å²) in [5.41, 5.74) is 0.163. The summed E-state index contributed by atoms with van der Waals surface area (Å²) in [6.07, 6.45) is -0.240. The third kappa shape index (κ3) is 4.11. The van der Waals surface area contributed by atoms with E-state index in [1.54, 1.807) is 11.8 Å². The Hall–Kier alpha value is -1.27. The van der Waals surface area contributed by atoms with Crippen molar-refractivity contribution in [2.24, 2.45) is 0 Å². The molecule has 0 aliphatic carbocycles. The van der Waals surface area contributed by atoms with E-state index in [0.717, 1.165) is 5.75 Å². The number of carbonyl (C=O) groups is 2. The summed E-state index contributed by atoms with van der Waals surface area (Å²) in [5.74, 6) is -0.398. The molecule has 114 valence electrons. The predicted molar refractivity (Wildman–Crippen MR) is 80.2 cm³/mol. The zero-order valence-electron chi connectivity index (χ0n) is 11.2. The second-order valence-corrected chi connectivity index (χ2v) is 6.35. The molecule has 7 heteroatoms. The van der Waals surface area contributed by atoms with Gasteiger partial charge in [-0.1, -0.05) is 17.7 Å². The van der Waals surface area contributed by atoms with Gasteiger partial charge in [-0.15, -0.1) is 0 Å². The maximum absolute atomic E-state index is 13.7. The topological polar surface area (TPSA) is 57.6 Å². The number of rotatable bonds is 4. The number of carboxylic acid groups (broad SMARTS) is 1. The van der Waals surface area contributed by atoms with Gasteiger partial charge >= 0.3 is 5.97 Å². The van der Waals surface area contributed by atoms with Crippen LogP contribution in [-0.2, 0) is 16.0 Å². The minimum absolute atomic E-state index is 0.0935. The number of halogens is 2. The van der Waals surface area contributed by atoms with Crippen molar-refractivity contribution in [3.63, 3.8) is 0 Å². The number of carboxylic acids is 1. The molecule has 1 aliphatic rings. The van der Waals surface area contributed by atoms with Gasteiger partial charge in [0.1, 0.15) is 5.82 Å². The third-order valence-corrected chi connectivity index (χ3v) is 4.79. The van der Waals surface area contributed by atoms with Crippen LogP contribution in [0, 0.1) is 5.82 Å². The zero-order valence-corrected chi connectivity index (χ0v) is 12.8. The SMILES string of the molecule is O=C(O)CC1CSCCN1C(=O)Cc1c(F)cccc1Cl. The molecule has 1 aromatic rings. The first-order valence-electron chi connectivity index (χ1n) is 6.51. The molecule has 1 amide bonds. The molecule has 1 saturated heterocycles. The lowest BCUT2D eigenvalue weighted by molar-refractivity contribution is -0.140. The van der Waals surface area contributed by atoms with Crippen molar-refractivity contribution >= 4 is 35.2 Å². The van der Waals surface area contributed by atoms with Crippen LogP contribution >= 0.6 is 23.4 Å². The van der Waals surface area contributed by atoms with Crippen LogP contribution in [0.2, 0.25) is 5.02 Å². The van der Waals surface area contributed by atoms with Crippen molar-refractivity contribution in [2.45, 2.75) is 18.9 Å². The van der Waals surface area contributed by atoms with Gasteiger partial charge < -0.3 is 10.0 Å². The Bertz CT molecular complexity index is 535. The van der Waals surface area contributed by atoms with E-state index in [1.165, 1.54) is 23.1 Å². The maximum atomic E-state index is 13.7. The molecule has 1 fully saturated rings. The molecule has 1 aromatic carbocycles. The highest BCUT2D eigenvalue weighted by atomic mass is 35.5. The molecule has 1 heterocycles. The Morgan fingerprint density at radius 1 is 1.48 bits per heavy atom. The number of amides is 1. The minimum atomic E-state index is -0.941. The fraction of sp³-hybridized carbons (Fsp3) is 0.429. The molecule has 0 aromatic heterocycles. The molecule has 4 nitrogen and oxygen atoms in total. The largest absolute Gasteiger partial charge is 0.481 e. The zero-order chi connectivity index (χ0) is 15.4. The molecule has 0 spiro atoms. The highest BCUT2D eigenvalue weighted by molar-refractivity contribution is 7.99. The predicted octanol–water partition coefficient (Wildman–Crippen LogP) is 2.44. The molecular formula is C14H15ClFNO3S. The Balaban J connectivity index is 2.12. The summed E-state index contributed by atoms with van der Waals surface area (Å²) >= 11 is 7.55. The Labute approximate surface area is 131 Å². The smallest absolute Gasteiger partial charge is 0.305 e. The highest BCUT2D eigenvalue weighted by Gasteiger charge is 2.29. The Kier molecular flexibility index (Phi) is 5.47. The second kappa shape index (κ2) is 7.13. The standard InChI is InChI=1S/C14H15ClFNO3S/c15-11-2-1-3-12(16)10(11)7-13(18)17-4-5-21-8-9(17)6-14(19)20/h1-3,9H,4-8H2,(H,19,20). The molecule has 1 unspecified atom stereocenters. The molecule has 2 rings (SSSR count). The van der Waals surface area contributed by atoms with E-state index in [4.69, 9.17) is 16.7 Å². The average molecular weight is 332 g/mol. The lowest BCUT2D eigenvalue weighted by Crippen LogP contribution is -2.47. The monoisotopic (exact) mass is 331 g/mol. The van der Waals surface area contributed by atoms with Crippen molar-refractivity contribution in [1.82, 2.24) is 4.90 Å². The van der Waals surface area contributed by atoms with Crippen molar-refractivity contribution in [3.05, 3.63) is 34.6 Å². The molecule has 0 bridgehead atoms. The van der Waals surface area contributed by atoms with E-state index in [2.05, 4.69) is 0 Å². The van der Waals surface area contributed by atoms with Crippen LogP contribution in [-0.4, -0.2) is 46.0 Å². The van der Waals surface area contributed by atoms with E-state index in [0.29, 0.717) is 12.3 Å². The number of aliphatic carboxylic acids is 1. The third-order valence-electron chi connectivity index (χ3n) is 3.35. The molecule has 1 aliphatic heterocycles. The minimum Gasteiger partial charge on any atom is -0.481 e. The molecule has 1 N–H and O–H groups in total.